The number of hydrogen-bond acceptors (Lipinski definition) is 4. The van der Waals surface area contributed by atoms with Crippen molar-refractivity contribution in [2.24, 2.45) is 11.1 Å². The molecule has 0 aliphatic carbocycles. The Morgan fingerprint density at radius 3 is 2.69 bits per heavy atom. The predicted octanol–water partition coefficient (Wildman–Crippen LogP) is -0.0410. The first-order valence-electron chi connectivity index (χ1n) is 6.14. The molecule has 3 aliphatic heterocycles. The number of nitrogens with zero attached hydrogens (tertiary/aromatic N) is 1. The zero-order valence-electron chi connectivity index (χ0n) is 9.63. The maximum absolute atomic E-state index is 5.98. The molecule has 4 N–H and O–H groups in total. The minimum atomic E-state index is 0.581. The van der Waals surface area contributed by atoms with Crippen LogP contribution in [0.1, 0.15) is 12.8 Å². The Kier molecular flexibility index (Phi) is 2.32. The highest BCUT2D eigenvalue weighted by atomic mass is 15.2. The van der Waals surface area contributed by atoms with Crippen LogP contribution in [-0.2, 0) is 0 Å². The van der Waals surface area contributed by atoms with Crippen LogP contribution in [0.15, 0.2) is 23.7 Å². The van der Waals surface area contributed by atoms with E-state index in [1.54, 1.807) is 0 Å². The summed E-state index contributed by atoms with van der Waals surface area (Å²) in [6.07, 6.45) is 6.75. The molecule has 0 amide bonds. The molecule has 0 bridgehead atoms. The summed E-state index contributed by atoms with van der Waals surface area (Å²) in [4.78, 5) is 2.43. The summed E-state index contributed by atoms with van der Waals surface area (Å²) < 4.78 is 0. The van der Waals surface area contributed by atoms with Crippen molar-refractivity contribution in [3.05, 3.63) is 23.7 Å². The zero-order chi connectivity index (χ0) is 11.0. The fourth-order valence-corrected chi connectivity index (χ4v) is 3.04. The molecule has 88 valence electrons. The van der Waals surface area contributed by atoms with Crippen molar-refractivity contribution in [2.75, 3.05) is 32.7 Å². The van der Waals surface area contributed by atoms with E-state index < -0.39 is 0 Å². The summed E-state index contributed by atoms with van der Waals surface area (Å²) in [5.74, 6) is 0. The highest BCUT2D eigenvalue weighted by molar-refractivity contribution is 5.32. The molecule has 3 heterocycles. The van der Waals surface area contributed by atoms with Crippen LogP contribution in [0.3, 0.4) is 0 Å². The fraction of sp³-hybridized carbons (Fsp3) is 0.667. The van der Waals surface area contributed by atoms with Gasteiger partial charge in [-0.3, -0.25) is 0 Å². The molecule has 0 aromatic carbocycles. The summed E-state index contributed by atoms with van der Waals surface area (Å²) in [5.41, 5.74) is 8.69. The minimum Gasteiger partial charge on any atom is -0.396 e. The Labute approximate surface area is 96.6 Å². The third-order valence-electron chi connectivity index (χ3n) is 4.02. The van der Waals surface area contributed by atoms with Crippen LogP contribution in [0.2, 0.25) is 0 Å². The first kappa shape index (κ1) is 10.0. The van der Waals surface area contributed by atoms with Crippen molar-refractivity contribution in [3.63, 3.8) is 0 Å². The van der Waals surface area contributed by atoms with Gasteiger partial charge < -0.3 is 21.3 Å². The Morgan fingerprint density at radius 1 is 1.25 bits per heavy atom. The molecule has 0 aromatic heterocycles. The number of rotatable bonds is 1. The highest BCUT2D eigenvalue weighted by Crippen LogP contribution is 2.41. The van der Waals surface area contributed by atoms with Gasteiger partial charge in [0.15, 0.2) is 0 Å². The Morgan fingerprint density at radius 2 is 2.00 bits per heavy atom. The van der Waals surface area contributed by atoms with Gasteiger partial charge >= 0.3 is 0 Å². The Bertz CT molecular complexity index is 331. The minimum absolute atomic E-state index is 0.581. The third kappa shape index (κ3) is 1.57. The van der Waals surface area contributed by atoms with Crippen molar-refractivity contribution < 1.29 is 0 Å². The molecule has 4 nitrogen and oxygen atoms in total. The van der Waals surface area contributed by atoms with E-state index in [-0.39, 0.29) is 0 Å². The van der Waals surface area contributed by atoms with Crippen LogP contribution < -0.4 is 16.4 Å². The molecule has 3 aliphatic rings. The van der Waals surface area contributed by atoms with Gasteiger partial charge in [-0.05, 0) is 32.0 Å². The van der Waals surface area contributed by atoms with Crippen LogP contribution in [0, 0.1) is 5.41 Å². The van der Waals surface area contributed by atoms with E-state index in [0.717, 1.165) is 12.2 Å². The predicted molar refractivity (Wildman–Crippen MR) is 64.5 cm³/mol. The van der Waals surface area contributed by atoms with Crippen LogP contribution >= 0.6 is 0 Å². The Balaban J connectivity index is 1.64. The van der Waals surface area contributed by atoms with Gasteiger partial charge in [0.25, 0.3) is 0 Å². The van der Waals surface area contributed by atoms with Crippen molar-refractivity contribution in [1.82, 2.24) is 15.5 Å². The van der Waals surface area contributed by atoms with Gasteiger partial charge in [-0.1, -0.05) is 0 Å². The first-order valence-corrected chi connectivity index (χ1v) is 6.14. The average Bonchev–Trinajstić information content (AvgIpc) is 2.28. The molecule has 1 spiro atoms. The van der Waals surface area contributed by atoms with Gasteiger partial charge in [-0.2, -0.15) is 0 Å². The van der Waals surface area contributed by atoms with Crippen molar-refractivity contribution in [1.29, 1.82) is 0 Å². The quantitative estimate of drug-likeness (QED) is 0.580. The average molecular weight is 220 g/mol. The molecule has 4 heteroatoms. The summed E-state index contributed by atoms with van der Waals surface area (Å²) in [7, 11) is 0. The largest absolute Gasteiger partial charge is 0.396 e. The van der Waals surface area contributed by atoms with Gasteiger partial charge in [0, 0.05) is 31.2 Å². The van der Waals surface area contributed by atoms with E-state index in [4.69, 9.17) is 5.73 Å². The maximum atomic E-state index is 5.98. The SMILES string of the molecule is NC1=CNCC=C1N1CC2(CCNCC2)C1. The van der Waals surface area contributed by atoms with Gasteiger partial charge in [0.05, 0.1) is 11.4 Å². The number of dihydropyridines is 1. The maximum Gasteiger partial charge on any atom is 0.0708 e. The van der Waals surface area contributed by atoms with Gasteiger partial charge in [0.1, 0.15) is 0 Å². The second kappa shape index (κ2) is 3.70. The second-order valence-electron chi connectivity index (χ2n) is 5.20. The normalized spacial score (nSPS) is 27.9. The molecule has 16 heavy (non-hydrogen) atoms. The van der Waals surface area contributed by atoms with E-state index in [2.05, 4.69) is 21.6 Å². The highest BCUT2D eigenvalue weighted by Gasteiger charge is 2.44. The molecular weight excluding hydrogens is 200 g/mol. The lowest BCUT2D eigenvalue weighted by Gasteiger charge is -2.54. The number of hydrogen-bond donors (Lipinski definition) is 3. The summed E-state index contributed by atoms with van der Waals surface area (Å²) in [6.45, 7) is 5.64. The van der Waals surface area contributed by atoms with Crippen LogP contribution in [0.25, 0.3) is 0 Å². The number of piperidine rings is 1. The molecular formula is C12H20N4. The van der Waals surface area contributed by atoms with Crippen LogP contribution in [0.4, 0.5) is 0 Å². The molecule has 3 rings (SSSR count). The van der Waals surface area contributed by atoms with Gasteiger partial charge in [-0.25, -0.2) is 0 Å². The van der Waals surface area contributed by atoms with Crippen molar-refractivity contribution >= 4 is 0 Å². The van der Waals surface area contributed by atoms with E-state index in [9.17, 15) is 0 Å². The van der Waals surface area contributed by atoms with Crippen molar-refractivity contribution in [3.8, 4) is 0 Å². The van der Waals surface area contributed by atoms with Crippen LogP contribution in [-0.4, -0.2) is 37.6 Å². The molecule has 0 aromatic rings. The number of likely N-dealkylation sites (tertiary alicyclic amines) is 1. The van der Waals surface area contributed by atoms with Crippen LogP contribution in [0.5, 0.6) is 0 Å². The molecule has 0 unspecified atom stereocenters. The van der Waals surface area contributed by atoms with E-state index >= 15 is 0 Å². The standard InChI is InChI=1S/C12H20N4/c13-10-7-15-4-1-11(10)16-8-12(9-16)2-5-14-6-3-12/h1,7,14-15H,2-6,8-9,13H2. The molecule has 0 radical (unpaired) electrons. The summed E-state index contributed by atoms with van der Waals surface area (Å²) in [5, 5.41) is 6.57. The lowest BCUT2D eigenvalue weighted by Crippen LogP contribution is -2.59. The second-order valence-corrected chi connectivity index (χ2v) is 5.20. The Hall–Kier alpha value is -1.16. The fourth-order valence-electron chi connectivity index (χ4n) is 3.04. The number of nitrogens with one attached hydrogen (secondary N) is 2. The first-order chi connectivity index (χ1) is 7.79. The van der Waals surface area contributed by atoms with E-state index in [0.29, 0.717) is 5.41 Å². The zero-order valence-corrected chi connectivity index (χ0v) is 9.63. The molecule has 0 atom stereocenters. The monoisotopic (exact) mass is 220 g/mol. The van der Waals surface area contributed by atoms with E-state index in [1.807, 2.05) is 6.20 Å². The molecule has 2 saturated heterocycles. The lowest BCUT2D eigenvalue weighted by atomic mass is 9.72. The summed E-state index contributed by atoms with van der Waals surface area (Å²) in [6, 6.07) is 0. The number of nitrogens with two attached hydrogens (primary N) is 1. The topological polar surface area (TPSA) is 53.3 Å². The lowest BCUT2D eigenvalue weighted by molar-refractivity contribution is 0.00339. The molecule has 2 fully saturated rings. The smallest absolute Gasteiger partial charge is 0.0708 e. The van der Waals surface area contributed by atoms with Crippen molar-refractivity contribution in [2.45, 2.75) is 12.8 Å². The van der Waals surface area contributed by atoms with E-state index in [1.165, 1.54) is 44.7 Å². The van der Waals surface area contributed by atoms with Gasteiger partial charge in [0.2, 0.25) is 0 Å². The summed E-state index contributed by atoms with van der Waals surface area (Å²) >= 11 is 0. The van der Waals surface area contributed by atoms with Gasteiger partial charge in [-0.15, -0.1) is 0 Å². The molecule has 0 saturated carbocycles. The third-order valence-corrected chi connectivity index (χ3v) is 4.02.